The average molecular weight is 224 g/mol. The minimum atomic E-state index is -0.660. The highest BCUT2D eigenvalue weighted by molar-refractivity contribution is 5.93. The van der Waals surface area contributed by atoms with Crippen molar-refractivity contribution in [3.05, 3.63) is 29.8 Å². The van der Waals surface area contributed by atoms with E-state index in [1.165, 1.54) is 12.3 Å². The van der Waals surface area contributed by atoms with E-state index < -0.39 is 5.95 Å². The molecule has 2 rings (SSSR count). The molecule has 0 atom stereocenters. The van der Waals surface area contributed by atoms with Gasteiger partial charge < -0.3 is 10.4 Å². The highest BCUT2D eigenvalue weighted by Gasteiger charge is 2.27. The van der Waals surface area contributed by atoms with E-state index in [-0.39, 0.29) is 17.6 Å². The van der Waals surface area contributed by atoms with Crippen molar-refractivity contribution in [1.82, 2.24) is 10.3 Å². The average Bonchev–Trinajstić information content (AvgIpc) is 2.22. The molecular weight excluding hydrogens is 211 g/mol. The Balaban J connectivity index is 1.84. The molecular formula is C11H13FN2O2. The van der Waals surface area contributed by atoms with Gasteiger partial charge in [0.15, 0.2) is 0 Å². The van der Waals surface area contributed by atoms with Gasteiger partial charge in [-0.2, -0.15) is 4.39 Å². The summed E-state index contributed by atoms with van der Waals surface area (Å²) in [5.41, 5.74) is 0.271. The maximum atomic E-state index is 12.7. The first-order valence-corrected chi connectivity index (χ1v) is 5.23. The van der Waals surface area contributed by atoms with Crippen LogP contribution in [-0.4, -0.2) is 28.6 Å². The first kappa shape index (κ1) is 11.0. The zero-order chi connectivity index (χ0) is 11.5. The van der Waals surface area contributed by atoms with Crippen LogP contribution in [0.4, 0.5) is 4.39 Å². The van der Waals surface area contributed by atoms with Gasteiger partial charge in [0.2, 0.25) is 5.95 Å². The Kier molecular flexibility index (Phi) is 3.14. The number of halogens is 1. The van der Waals surface area contributed by atoms with Crippen LogP contribution in [0.2, 0.25) is 0 Å². The van der Waals surface area contributed by atoms with Crippen molar-refractivity contribution < 1.29 is 14.3 Å². The fourth-order valence-electron chi connectivity index (χ4n) is 1.75. The van der Waals surface area contributed by atoms with Gasteiger partial charge in [0.25, 0.3) is 5.91 Å². The van der Waals surface area contributed by atoms with E-state index in [9.17, 15) is 9.18 Å². The molecule has 2 N–H and O–H groups in total. The predicted octanol–water partition coefficient (Wildman–Crippen LogP) is 0.721. The molecule has 16 heavy (non-hydrogen) atoms. The van der Waals surface area contributed by atoms with Crippen molar-refractivity contribution in [2.45, 2.75) is 18.9 Å². The lowest BCUT2D eigenvalue weighted by atomic mass is 9.82. The van der Waals surface area contributed by atoms with Gasteiger partial charge in [0.05, 0.1) is 6.10 Å². The molecule has 86 valence electrons. The summed E-state index contributed by atoms with van der Waals surface area (Å²) in [5, 5.41) is 11.8. The van der Waals surface area contributed by atoms with Crippen LogP contribution in [0.5, 0.6) is 0 Å². The number of nitrogens with one attached hydrogen (secondary N) is 1. The van der Waals surface area contributed by atoms with Crippen molar-refractivity contribution in [3.8, 4) is 0 Å². The van der Waals surface area contributed by atoms with Crippen molar-refractivity contribution in [2.24, 2.45) is 5.92 Å². The Bertz CT molecular complexity index is 391. The number of nitrogens with zero attached hydrogens (tertiary/aromatic N) is 1. The summed E-state index contributed by atoms with van der Waals surface area (Å²) < 4.78 is 12.7. The van der Waals surface area contributed by atoms with E-state index >= 15 is 0 Å². The quantitative estimate of drug-likeness (QED) is 0.744. The number of hydrogen-bond donors (Lipinski definition) is 2. The van der Waals surface area contributed by atoms with E-state index in [4.69, 9.17) is 5.11 Å². The predicted molar refractivity (Wildman–Crippen MR) is 55.3 cm³/mol. The molecule has 1 aromatic heterocycles. The smallest absolute Gasteiger partial charge is 0.251 e. The lowest BCUT2D eigenvalue weighted by Crippen LogP contribution is -2.38. The number of aliphatic hydroxyl groups is 1. The molecule has 5 heteroatoms. The second-order valence-corrected chi connectivity index (χ2v) is 4.07. The minimum Gasteiger partial charge on any atom is -0.393 e. The number of carbonyl (C=O) groups excluding carboxylic acids is 1. The number of amides is 1. The van der Waals surface area contributed by atoms with Crippen LogP contribution >= 0.6 is 0 Å². The Morgan fingerprint density at radius 2 is 2.38 bits per heavy atom. The highest BCUT2D eigenvalue weighted by Crippen LogP contribution is 2.26. The standard InChI is InChI=1S/C11H13FN2O2/c12-10-5-8(1-2-13-10)11(16)14-6-7-3-9(15)4-7/h1-2,5,7,9,15H,3-4,6H2,(H,14,16). The number of carbonyl (C=O) groups is 1. The van der Waals surface area contributed by atoms with E-state index in [0.29, 0.717) is 12.5 Å². The topological polar surface area (TPSA) is 62.2 Å². The second-order valence-electron chi connectivity index (χ2n) is 4.07. The molecule has 1 aromatic rings. The van der Waals surface area contributed by atoms with Crippen molar-refractivity contribution in [3.63, 3.8) is 0 Å². The molecule has 0 unspecified atom stereocenters. The van der Waals surface area contributed by atoms with E-state index in [2.05, 4.69) is 10.3 Å². The summed E-state index contributed by atoms with van der Waals surface area (Å²) in [6.07, 6.45) is 2.49. The number of aromatic nitrogens is 1. The van der Waals surface area contributed by atoms with Gasteiger partial charge in [-0.1, -0.05) is 0 Å². The fourth-order valence-corrected chi connectivity index (χ4v) is 1.75. The number of hydrogen-bond acceptors (Lipinski definition) is 3. The van der Waals surface area contributed by atoms with E-state index in [1.54, 1.807) is 0 Å². The summed E-state index contributed by atoms with van der Waals surface area (Å²) >= 11 is 0. The van der Waals surface area contributed by atoms with Gasteiger partial charge in [-0.3, -0.25) is 4.79 Å². The Morgan fingerprint density at radius 1 is 1.62 bits per heavy atom. The van der Waals surface area contributed by atoms with Crippen molar-refractivity contribution >= 4 is 5.91 Å². The molecule has 1 heterocycles. The molecule has 1 fully saturated rings. The third-order valence-corrected chi connectivity index (χ3v) is 2.75. The number of rotatable bonds is 3. The number of pyridine rings is 1. The van der Waals surface area contributed by atoms with Crippen LogP contribution in [0.15, 0.2) is 18.3 Å². The van der Waals surface area contributed by atoms with Gasteiger partial charge in [0.1, 0.15) is 0 Å². The first-order chi connectivity index (χ1) is 7.65. The summed E-state index contributed by atoms with van der Waals surface area (Å²) in [4.78, 5) is 14.9. The fraction of sp³-hybridized carbons (Fsp3) is 0.455. The zero-order valence-electron chi connectivity index (χ0n) is 8.69. The van der Waals surface area contributed by atoms with Crippen LogP contribution in [0.3, 0.4) is 0 Å². The van der Waals surface area contributed by atoms with Crippen LogP contribution in [0, 0.1) is 11.9 Å². The molecule has 0 spiro atoms. The normalized spacial score (nSPS) is 23.6. The van der Waals surface area contributed by atoms with Crippen molar-refractivity contribution in [2.75, 3.05) is 6.54 Å². The molecule has 4 nitrogen and oxygen atoms in total. The molecule has 1 saturated carbocycles. The number of aliphatic hydroxyl groups excluding tert-OH is 1. The molecule has 0 aromatic carbocycles. The maximum absolute atomic E-state index is 12.7. The molecule has 1 aliphatic carbocycles. The maximum Gasteiger partial charge on any atom is 0.251 e. The van der Waals surface area contributed by atoms with Gasteiger partial charge in [-0.25, -0.2) is 4.98 Å². The second kappa shape index (κ2) is 4.57. The van der Waals surface area contributed by atoms with Gasteiger partial charge in [-0.15, -0.1) is 0 Å². The van der Waals surface area contributed by atoms with Crippen LogP contribution in [-0.2, 0) is 0 Å². The highest BCUT2D eigenvalue weighted by atomic mass is 19.1. The van der Waals surface area contributed by atoms with Gasteiger partial charge in [-0.05, 0) is 24.8 Å². The molecule has 1 aliphatic rings. The minimum absolute atomic E-state index is 0.222. The third kappa shape index (κ3) is 2.55. The monoisotopic (exact) mass is 224 g/mol. The van der Waals surface area contributed by atoms with Crippen LogP contribution in [0.1, 0.15) is 23.2 Å². The van der Waals surface area contributed by atoms with Gasteiger partial charge in [0, 0.05) is 24.4 Å². The summed E-state index contributed by atoms with van der Waals surface area (Å²) in [6.45, 7) is 0.528. The summed E-state index contributed by atoms with van der Waals surface area (Å²) in [5.74, 6) is -0.625. The van der Waals surface area contributed by atoms with E-state index in [1.807, 2.05) is 0 Å². The lowest BCUT2D eigenvalue weighted by Gasteiger charge is -2.31. The Hall–Kier alpha value is -1.49. The molecule has 1 amide bonds. The zero-order valence-corrected chi connectivity index (χ0v) is 8.69. The largest absolute Gasteiger partial charge is 0.393 e. The van der Waals surface area contributed by atoms with Crippen LogP contribution < -0.4 is 5.32 Å². The first-order valence-electron chi connectivity index (χ1n) is 5.23. The van der Waals surface area contributed by atoms with Crippen molar-refractivity contribution in [1.29, 1.82) is 0 Å². The molecule has 0 radical (unpaired) electrons. The molecule has 0 saturated heterocycles. The summed E-state index contributed by atoms with van der Waals surface area (Å²) in [6, 6.07) is 2.57. The Morgan fingerprint density at radius 3 is 3.00 bits per heavy atom. The lowest BCUT2D eigenvalue weighted by molar-refractivity contribution is 0.0420. The van der Waals surface area contributed by atoms with Gasteiger partial charge >= 0.3 is 0 Å². The SMILES string of the molecule is O=C(NCC1CC(O)C1)c1ccnc(F)c1. The third-order valence-electron chi connectivity index (χ3n) is 2.75. The van der Waals surface area contributed by atoms with E-state index in [0.717, 1.165) is 18.9 Å². The summed E-state index contributed by atoms with van der Waals surface area (Å²) in [7, 11) is 0. The molecule has 0 aliphatic heterocycles. The van der Waals surface area contributed by atoms with Crippen LogP contribution in [0.25, 0.3) is 0 Å². The Labute approximate surface area is 92.5 Å². The molecule has 0 bridgehead atoms.